The smallest absolute Gasteiger partial charge is 0.237 e. The minimum atomic E-state index is -0.507. The van der Waals surface area contributed by atoms with Gasteiger partial charge in [0.2, 0.25) is 5.91 Å². The van der Waals surface area contributed by atoms with Gasteiger partial charge in [0, 0.05) is 12.0 Å². The molecule has 1 aliphatic carbocycles. The van der Waals surface area contributed by atoms with Crippen LogP contribution in [0.4, 0.5) is 0 Å². The molecule has 1 amide bonds. The molecule has 1 aromatic rings. The number of rotatable bonds is 4. The maximum absolute atomic E-state index is 11.7. The topological polar surface area (TPSA) is 52.9 Å². The highest BCUT2D eigenvalue weighted by atomic mass is 16.2. The van der Waals surface area contributed by atoms with Gasteiger partial charge in [-0.1, -0.05) is 37.3 Å². The van der Waals surface area contributed by atoms with E-state index in [1.807, 2.05) is 31.2 Å². The molecular weight excluding hydrogens is 212 g/mol. The van der Waals surface area contributed by atoms with Crippen LogP contribution in [0.1, 0.15) is 31.2 Å². The predicted octanol–water partition coefficient (Wildman–Crippen LogP) is 2.21. The van der Waals surface area contributed by atoms with Crippen LogP contribution in [-0.4, -0.2) is 11.9 Å². The third-order valence-electron chi connectivity index (χ3n) is 3.23. The van der Waals surface area contributed by atoms with Gasteiger partial charge in [0.15, 0.2) is 0 Å². The zero-order chi connectivity index (χ0) is 12.3. The number of hydrogen-bond donors (Lipinski definition) is 1. The van der Waals surface area contributed by atoms with Crippen molar-refractivity contribution in [2.24, 2.45) is 5.92 Å². The summed E-state index contributed by atoms with van der Waals surface area (Å²) in [7, 11) is 0. The lowest BCUT2D eigenvalue weighted by atomic mass is 10.1. The SMILES string of the molecule is CCC(C#N)C(=O)NC1CC1c1ccccc1. The monoisotopic (exact) mass is 228 g/mol. The van der Waals surface area contributed by atoms with Gasteiger partial charge < -0.3 is 5.32 Å². The Labute approximate surface area is 101 Å². The summed E-state index contributed by atoms with van der Waals surface area (Å²) in [6.45, 7) is 1.86. The Kier molecular flexibility index (Phi) is 3.43. The number of carbonyl (C=O) groups excluding carboxylic acids is 1. The van der Waals surface area contributed by atoms with Gasteiger partial charge >= 0.3 is 0 Å². The summed E-state index contributed by atoms with van der Waals surface area (Å²) in [6.07, 6.45) is 1.56. The van der Waals surface area contributed by atoms with E-state index in [-0.39, 0.29) is 11.9 Å². The van der Waals surface area contributed by atoms with Crippen molar-refractivity contribution >= 4 is 5.91 Å². The molecule has 1 saturated carbocycles. The van der Waals surface area contributed by atoms with Crippen LogP contribution >= 0.6 is 0 Å². The van der Waals surface area contributed by atoms with E-state index in [9.17, 15) is 4.79 Å². The fourth-order valence-electron chi connectivity index (χ4n) is 2.04. The van der Waals surface area contributed by atoms with Gasteiger partial charge in [-0.2, -0.15) is 5.26 Å². The van der Waals surface area contributed by atoms with Crippen LogP contribution in [0, 0.1) is 17.2 Å². The highest BCUT2D eigenvalue weighted by Gasteiger charge is 2.40. The standard InChI is InChI=1S/C14H16N2O/c1-2-10(9-15)14(17)16-13-8-12(13)11-6-4-3-5-7-11/h3-7,10,12-13H,2,8H2,1H3,(H,16,17). The molecule has 1 fully saturated rings. The summed E-state index contributed by atoms with van der Waals surface area (Å²) in [5.74, 6) is -0.207. The first-order chi connectivity index (χ1) is 8.26. The quantitative estimate of drug-likeness (QED) is 0.859. The van der Waals surface area contributed by atoms with E-state index < -0.39 is 5.92 Å². The van der Waals surface area contributed by atoms with Gasteiger partial charge in [-0.25, -0.2) is 0 Å². The van der Waals surface area contributed by atoms with Crippen molar-refractivity contribution in [3.8, 4) is 6.07 Å². The molecule has 0 radical (unpaired) electrons. The minimum absolute atomic E-state index is 0.126. The number of hydrogen-bond acceptors (Lipinski definition) is 2. The minimum Gasteiger partial charge on any atom is -0.352 e. The second-order valence-electron chi connectivity index (χ2n) is 4.46. The maximum Gasteiger partial charge on any atom is 0.237 e. The molecule has 0 heterocycles. The predicted molar refractivity (Wildman–Crippen MR) is 65.1 cm³/mol. The van der Waals surface area contributed by atoms with E-state index in [2.05, 4.69) is 17.4 Å². The van der Waals surface area contributed by atoms with E-state index >= 15 is 0 Å². The van der Waals surface area contributed by atoms with E-state index in [0.717, 1.165) is 6.42 Å². The molecule has 0 aliphatic heterocycles. The van der Waals surface area contributed by atoms with Gasteiger partial charge in [0.25, 0.3) is 0 Å². The molecule has 3 nitrogen and oxygen atoms in total. The second kappa shape index (κ2) is 5.01. The van der Waals surface area contributed by atoms with Gasteiger partial charge in [-0.15, -0.1) is 0 Å². The van der Waals surface area contributed by atoms with Crippen LogP contribution in [0.2, 0.25) is 0 Å². The summed E-state index contributed by atoms with van der Waals surface area (Å²) < 4.78 is 0. The number of nitrogens with zero attached hydrogens (tertiary/aromatic N) is 1. The molecule has 17 heavy (non-hydrogen) atoms. The number of benzene rings is 1. The van der Waals surface area contributed by atoms with Gasteiger partial charge in [0.05, 0.1) is 6.07 Å². The summed E-state index contributed by atoms with van der Waals surface area (Å²) in [4.78, 5) is 11.7. The zero-order valence-electron chi connectivity index (χ0n) is 9.89. The van der Waals surface area contributed by atoms with Gasteiger partial charge in [-0.05, 0) is 18.4 Å². The maximum atomic E-state index is 11.7. The number of nitriles is 1. The van der Waals surface area contributed by atoms with Gasteiger partial charge in [-0.3, -0.25) is 4.79 Å². The first-order valence-corrected chi connectivity index (χ1v) is 6.01. The fourth-order valence-corrected chi connectivity index (χ4v) is 2.04. The lowest BCUT2D eigenvalue weighted by Gasteiger charge is -2.07. The van der Waals surface area contributed by atoms with E-state index in [1.165, 1.54) is 5.56 Å². The van der Waals surface area contributed by atoms with Crippen LogP contribution in [0.3, 0.4) is 0 Å². The zero-order valence-corrected chi connectivity index (χ0v) is 9.89. The molecule has 2 rings (SSSR count). The second-order valence-corrected chi connectivity index (χ2v) is 4.46. The molecule has 3 heteroatoms. The first-order valence-electron chi connectivity index (χ1n) is 6.01. The fraction of sp³-hybridized carbons (Fsp3) is 0.429. The highest BCUT2D eigenvalue weighted by molar-refractivity contribution is 5.81. The lowest BCUT2D eigenvalue weighted by Crippen LogP contribution is -2.32. The van der Waals surface area contributed by atoms with Crippen molar-refractivity contribution in [3.63, 3.8) is 0 Å². The van der Waals surface area contributed by atoms with E-state index in [4.69, 9.17) is 5.26 Å². The Balaban J connectivity index is 1.89. The van der Waals surface area contributed by atoms with Crippen LogP contribution < -0.4 is 5.32 Å². The molecular formula is C14H16N2O. The summed E-state index contributed by atoms with van der Waals surface area (Å²) in [5.41, 5.74) is 1.27. The largest absolute Gasteiger partial charge is 0.352 e. The Bertz CT molecular complexity index is 435. The van der Waals surface area contributed by atoms with Crippen LogP contribution in [0.5, 0.6) is 0 Å². The molecule has 1 aliphatic rings. The third-order valence-corrected chi connectivity index (χ3v) is 3.23. The number of carbonyl (C=O) groups is 1. The average Bonchev–Trinajstić information content (AvgIpc) is 3.11. The first kappa shape index (κ1) is 11.7. The molecule has 0 spiro atoms. The molecule has 0 bridgehead atoms. The van der Waals surface area contributed by atoms with Gasteiger partial charge in [0.1, 0.15) is 5.92 Å². The molecule has 0 aromatic heterocycles. The molecule has 0 saturated heterocycles. The summed E-state index contributed by atoms with van der Waals surface area (Å²) in [5, 5.41) is 11.7. The summed E-state index contributed by atoms with van der Waals surface area (Å²) >= 11 is 0. The normalized spacial score (nSPS) is 23.5. The molecule has 88 valence electrons. The molecule has 3 unspecified atom stereocenters. The van der Waals surface area contributed by atoms with E-state index in [1.54, 1.807) is 0 Å². The molecule has 1 aromatic carbocycles. The molecule has 3 atom stereocenters. The summed E-state index contributed by atoms with van der Waals surface area (Å²) in [6, 6.07) is 12.4. The van der Waals surface area contributed by atoms with Crippen LogP contribution in [0.25, 0.3) is 0 Å². The van der Waals surface area contributed by atoms with Crippen molar-refractivity contribution in [1.29, 1.82) is 5.26 Å². The highest BCUT2D eigenvalue weighted by Crippen LogP contribution is 2.40. The Morgan fingerprint density at radius 2 is 2.24 bits per heavy atom. The lowest BCUT2D eigenvalue weighted by molar-refractivity contribution is -0.123. The van der Waals surface area contributed by atoms with Crippen LogP contribution in [0.15, 0.2) is 30.3 Å². The van der Waals surface area contributed by atoms with Crippen molar-refractivity contribution in [1.82, 2.24) is 5.32 Å². The van der Waals surface area contributed by atoms with E-state index in [0.29, 0.717) is 12.3 Å². The Hall–Kier alpha value is -1.82. The number of nitrogens with one attached hydrogen (secondary N) is 1. The van der Waals surface area contributed by atoms with Crippen molar-refractivity contribution in [2.45, 2.75) is 31.7 Å². The third kappa shape index (κ3) is 2.65. The average molecular weight is 228 g/mol. The van der Waals surface area contributed by atoms with Crippen molar-refractivity contribution in [2.75, 3.05) is 0 Å². The van der Waals surface area contributed by atoms with Crippen molar-refractivity contribution in [3.05, 3.63) is 35.9 Å². The molecule has 1 N–H and O–H groups in total. The number of amides is 1. The Morgan fingerprint density at radius 3 is 2.82 bits per heavy atom. The Morgan fingerprint density at radius 1 is 1.53 bits per heavy atom. The van der Waals surface area contributed by atoms with Crippen LogP contribution in [-0.2, 0) is 4.79 Å². The van der Waals surface area contributed by atoms with Crippen molar-refractivity contribution < 1.29 is 4.79 Å².